The van der Waals surface area contributed by atoms with Crippen molar-refractivity contribution in [1.82, 2.24) is 0 Å². The maximum atomic E-state index is 10.1. The average Bonchev–Trinajstić information content (AvgIpc) is 2.44. The third-order valence-electron chi connectivity index (χ3n) is 2.57. The van der Waals surface area contributed by atoms with Crippen molar-refractivity contribution in [2.75, 3.05) is 0 Å². The van der Waals surface area contributed by atoms with E-state index in [4.69, 9.17) is 10.2 Å². The van der Waals surface area contributed by atoms with Crippen LogP contribution in [0.15, 0.2) is 48.5 Å². The van der Waals surface area contributed by atoms with Crippen LogP contribution in [0, 0.1) is 0 Å². The topological polar surface area (TPSA) is 121 Å². The zero-order chi connectivity index (χ0) is 16.5. The van der Waals surface area contributed by atoms with Crippen LogP contribution < -0.4 is 69.3 Å². The summed E-state index contributed by atoms with van der Waals surface area (Å²) < 4.78 is 0. The summed E-state index contributed by atoms with van der Waals surface area (Å²) in [5.41, 5.74) is 1.26. The van der Waals surface area contributed by atoms with Gasteiger partial charge in [0, 0.05) is 24.8 Å². The molecule has 2 aromatic carbocycles. The van der Waals surface area contributed by atoms with Crippen LogP contribution in [0.5, 0.6) is 11.5 Å². The van der Waals surface area contributed by atoms with Crippen molar-refractivity contribution in [3.8, 4) is 11.5 Å². The minimum absolute atomic E-state index is 0. The Hall–Kier alpha value is -1.02. The zero-order valence-corrected chi connectivity index (χ0v) is 17.6. The third kappa shape index (κ3) is 11.5. The molecule has 0 aliphatic heterocycles. The predicted molar refractivity (Wildman–Crippen MR) is 73.6 cm³/mol. The van der Waals surface area contributed by atoms with Crippen molar-refractivity contribution in [2.45, 2.75) is 12.8 Å². The number of phenols is 2. The summed E-state index contributed by atoms with van der Waals surface area (Å²) >= 11 is 0. The molecular formula is C16H14Na2O6. The molecule has 2 rings (SSSR count). The van der Waals surface area contributed by atoms with Crippen LogP contribution >= 0.6 is 0 Å². The number of carbonyl (C=O) groups excluding carboxylic acids is 2. The Kier molecular flexibility index (Phi) is 14.0. The van der Waals surface area contributed by atoms with E-state index < -0.39 is 11.9 Å². The molecule has 0 unspecified atom stereocenters. The number of benzene rings is 2. The van der Waals surface area contributed by atoms with E-state index in [0.29, 0.717) is 11.1 Å². The van der Waals surface area contributed by atoms with Crippen molar-refractivity contribution in [1.29, 1.82) is 0 Å². The standard InChI is InChI=1S/2C8H8O3.2Na/c2*9-7-3-1-6(2-4-7)5-8(10)11;;/h2*1-4,9H,5H2,(H,10,11);;/q;;2*+1/p-2. The van der Waals surface area contributed by atoms with Gasteiger partial charge in [-0.1, -0.05) is 24.3 Å². The van der Waals surface area contributed by atoms with E-state index in [1.807, 2.05) is 0 Å². The number of rotatable bonds is 4. The van der Waals surface area contributed by atoms with E-state index in [0.717, 1.165) is 0 Å². The summed E-state index contributed by atoms with van der Waals surface area (Å²) in [6.07, 6.45) is -0.222. The second-order valence-corrected chi connectivity index (χ2v) is 4.43. The molecule has 0 aliphatic carbocycles. The summed E-state index contributed by atoms with van der Waals surface area (Å²) in [7, 11) is 0. The first kappa shape index (κ1) is 25.2. The molecule has 0 saturated carbocycles. The molecular weight excluding hydrogens is 334 g/mol. The quantitative estimate of drug-likeness (QED) is 0.530. The van der Waals surface area contributed by atoms with Crippen LogP contribution in [0.3, 0.4) is 0 Å². The molecule has 24 heavy (non-hydrogen) atoms. The second kappa shape index (κ2) is 13.3. The smallest absolute Gasteiger partial charge is 0.550 e. The van der Waals surface area contributed by atoms with Gasteiger partial charge in [-0.3, -0.25) is 0 Å². The summed E-state index contributed by atoms with van der Waals surface area (Å²) in [6, 6.07) is 12.0. The number of phenolic OH excluding ortho intramolecular Hbond substituents is 2. The van der Waals surface area contributed by atoms with Gasteiger partial charge in [0.25, 0.3) is 0 Å². The van der Waals surface area contributed by atoms with Crippen molar-refractivity contribution < 1.29 is 89.1 Å². The maximum Gasteiger partial charge on any atom is 1.00 e. The van der Waals surface area contributed by atoms with Gasteiger partial charge in [-0.15, -0.1) is 0 Å². The molecule has 0 spiro atoms. The number of carbonyl (C=O) groups is 2. The van der Waals surface area contributed by atoms with Crippen LogP contribution in [0.25, 0.3) is 0 Å². The first-order valence-corrected chi connectivity index (χ1v) is 6.32. The fraction of sp³-hybridized carbons (Fsp3) is 0.125. The SMILES string of the molecule is O=C([O-])Cc1ccc(O)cc1.O=C([O-])Cc1ccc(O)cc1.[Na+].[Na+]. The van der Waals surface area contributed by atoms with Crippen LogP contribution in [-0.2, 0) is 22.4 Å². The summed E-state index contributed by atoms with van der Waals surface area (Å²) in [6.45, 7) is 0. The fourth-order valence-electron chi connectivity index (χ4n) is 1.56. The molecule has 0 radical (unpaired) electrons. The Balaban J connectivity index is 0. The van der Waals surface area contributed by atoms with Crippen molar-refractivity contribution in [2.24, 2.45) is 0 Å². The Morgan fingerprint density at radius 2 is 0.917 bits per heavy atom. The number of aliphatic carboxylic acids is 2. The predicted octanol–water partition coefficient (Wildman–Crippen LogP) is -6.62. The number of hydrogen-bond acceptors (Lipinski definition) is 6. The van der Waals surface area contributed by atoms with Gasteiger partial charge in [0.15, 0.2) is 0 Å². The summed E-state index contributed by atoms with van der Waals surface area (Å²) in [5, 5.41) is 37.8. The van der Waals surface area contributed by atoms with Crippen LogP contribution in [-0.4, -0.2) is 22.2 Å². The minimum atomic E-state index is -1.12. The normalized spacial score (nSPS) is 8.67. The Morgan fingerprint density at radius 1 is 0.667 bits per heavy atom. The minimum Gasteiger partial charge on any atom is -0.550 e. The zero-order valence-electron chi connectivity index (χ0n) is 13.6. The van der Waals surface area contributed by atoms with Gasteiger partial charge < -0.3 is 30.0 Å². The Bertz CT molecular complexity index is 569. The molecule has 6 nitrogen and oxygen atoms in total. The largest absolute Gasteiger partial charge is 1.00 e. The molecule has 0 saturated heterocycles. The monoisotopic (exact) mass is 348 g/mol. The average molecular weight is 348 g/mol. The molecule has 0 bridgehead atoms. The second-order valence-electron chi connectivity index (χ2n) is 4.43. The van der Waals surface area contributed by atoms with Crippen LogP contribution in [0.4, 0.5) is 0 Å². The van der Waals surface area contributed by atoms with E-state index in [1.54, 1.807) is 24.3 Å². The summed E-state index contributed by atoms with van der Waals surface area (Å²) in [4.78, 5) is 20.2. The van der Waals surface area contributed by atoms with E-state index in [2.05, 4.69) is 0 Å². The number of hydrogen-bond donors (Lipinski definition) is 2. The van der Waals surface area contributed by atoms with Gasteiger partial charge in [0.2, 0.25) is 0 Å². The van der Waals surface area contributed by atoms with Crippen molar-refractivity contribution >= 4 is 11.9 Å². The van der Waals surface area contributed by atoms with E-state index in [9.17, 15) is 19.8 Å². The molecule has 0 fully saturated rings. The summed E-state index contributed by atoms with van der Waals surface area (Å²) in [5.74, 6) is -1.97. The molecule has 2 N–H and O–H groups in total. The van der Waals surface area contributed by atoms with E-state index >= 15 is 0 Å². The molecule has 116 valence electrons. The maximum absolute atomic E-state index is 10.1. The fourth-order valence-corrected chi connectivity index (χ4v) is 1.56. The number of carboxylic acids is 2. The van der Waals surface area contributed by atoms with Crippen molar-refractivity contribution in [3.63, 3.8) is 0 Å². The van der Waals surface area contributed by atoms with Gasteiger partial charge >= 0.3 is 59.1 Å². The number of aromatic hydroxyl groups is 2. The number of carboxylic acid groups (broad SMARTS) is 2. The van der Waals surface area contributed by atoms with Gasteiger partial charge in [-0.2, -0.15) is 0 Å². The van der Waals surface area contributed by atoms with Crippen LogP contribution in [0.2, 0.25) is 0 Å². The van der Waals surface area contributed by atoms with Gasteiger partial charge in [-0.05, 0) is 35.4 Å². The first-order valence-electron chi connectivity index (χ1n) is 6.32. The third-order valence-corrected chi connectivity index (χ3v) is 2.57. The Labute approximate surface area is 183 Å². The Morgan fingerprint density at radius 3 is 1.12 bits per heavy atom. The van der Waals surface area contributed by atoms with Gasteiger partial charge in [0.05, 0.1) is 0 Å². The van der Waals surface area contributed by atoms with E-state index in [-0.39, 0.29) is 83.5 Å². The molecule has 0 amide bonds. The molecule has 8 heteroatoms. The first-order chi connectivity index (χ1) is 10.4. The van der Waals surface area contributed by atoms with Gasteiger partial charge in [-0.25, -0.2) is 0 Å². The van der Waals surface area contributed by atoms with Gasteiger partial charge in [0.1, 0.15) is 11.5 Å². The molecule has 0 atom stereocenters. The molecule has 2 aromatic rings. The molecule has 0 aliphatic rings. The van der Waals surface area contributed by atoms with Crippen molar-refractivity contribution in [3.05, 3.63) is 59.7 Å². The van der Waals surface area contributed by atoms with E-state index in [1.165, 1.54) is 24.3 Å². The van der Waals surface area contributed by atoms with Crippen LogP contribution in [0.1, 0.15) is 11.1 Å². The molecule has 0 heterocycles. The molecule has 0 aromatic heterocycles.